The number of rotatable bonds is 47. The highest BCUT2D eigenvalue weighted by molar-refractivity contribution is 5.74. The molecule has 0 spiro atoms. The molecule has 0 saturated carbocycles. The predicted molar refractivity (Wildman–Crippen MR) is 294 cm³/mol. The molecule has 0 amide bonds. The van der Waals surface area contributed by atoms with E-state index in [1.807, 2.05) is 12.2 Å². The van der Waals surface area contributed by atoms with Gasteiger partial charge in [0.15, 0.2) is 24.6 Å². The van der Waals surface area contributed by atoms with E-state index >= 15 is 0 Å². The van der Waals surface area contributed by atoms with Crippen molar-refractivity contribution >= 4 is 23.9 Å². The van der Waals surface area contributed by atoms with Crippen molar-refractivity contribution in [1.29, 1.82) is 0 Å². The summed E-state index contributed by atoms with van der Waals surface area (Å²) >= 11 is 0. The van der Waals surface area contributed by atoms with Crippen LogP contribution in [0.5, 0.6) is 0 Å². The molecule has 0 aliphatic carbocycles. The van der Waals surface area contributed by atoms with Gasteiger partial charge >= 0.3 is 23.9 Å². The Morgan fingerprint density at radius 3 is 1.38 bits per heavy atom. The maximum absolute atomic E-state index is 13.1. The summed E-state index contributed by atoms with van der Waals surface area (Å²) in [5.74, 6) is -3.24. The van der Waals surface area contributed by atoms with E-state index in [1.54, 1.807) is 0 Å². The number of carbonyl (C=O) groups excluding carboxylic acids is 3. The molecule has 1 rings (SSSR count). The van der Waals surface area contributed by atoms with Gasteiger partial charge < -0.3 is 39.0 Å². The molecule has 73 heavy (non-hydrogen) atoms. The largest absolute Gasteiger partial charge is 0.479 e. The molecule has 1 heterocycles. The lowest BCUT2D eigenvalue weighted by Gasteiger charge is -2.40. The van der Waals surface area contributed by atoms with Crippen molar-refractivity contribution in [3.05, 3.63) is 85.1 Å². The van der Waals surface area contributed by atoms with Gasteiger partial charge in [0.1, 0.15) is 18.8 Å². The van der Waals surface area contributed by atoms with Crippen LogP contribution in [0, 0.1) is 0 Å². The Bertz CT molecular complexity index is 1590. The fraction of sp³-hybridized carbons (Fsp3) is 0.705. The number of hydrogen-bond acceptors (Lipinski definition) is 11. The Morgan fingerprint density at radius 2 is 0.890 bits per heavy atom. The summed E-state index contributed by atoms with van der Waals surface area (Å²) in [5, 5.41) is 31.4. The van der Waals surface area contributed by atoms with Crippen molar-refractivity contribution in [3.63, 3.8) is 0 Å². The summed E-state index contributed by atoms with van der Waals surface area (Å²) in [6, 6.07) is 0. The second-order valence-electron chi connectivity index (χ2n) is 19.2. The van der Waals surface area contributed by atoms with Crippen molar-refractivity contribution in [2.75, 3.05) is 13.2 Å². The van der Waals surface area contributed by atoms with Crippen molar-refractivity contribution in [3.8, 4) is 0 Å². The number of carboxylic acid groups (broad SMARTS) is 1. The Hall–Kier alpha value is -4.10. The molecule has 0 radical (unpaired) electrons. The number of carboxylic acids is 1. The minimum absolute atomic E-state index is 0.0520. The lowest BCUT2D eigenvalue weighted by molar-refractivity contribution is -0.301. The van der Waals surface area contributed by atoms with Crippen molar-refractivity contribution in [2.24, 2.45) is 0 Å². The number of allylic oxidation sites excluding steroid dienone is 14. The summed E-state index contributed by atoms with van der Waals surface area (Å²) in [5.41, 5.74) is 0. The Labute approximate surface area is 441 Å². The highest BCUT2D eigenvalue weighted by Crippen LogP contribution is 2.26. The molecule has 0 bridgehead atoms. The van der Waals surface area contributed by atoms with Gasteiger partial charge in [-0.3, -0.25) is 14.4 Å². The van der Waals surface area contributed by atoms with E-state index in [0.717, 1.165) is 103 Å². The molecule has 1 fully saturated rings. The molecule has 6 unspecified atom stereocenters. The molecule has 12 heteroatoms. The van der Waals surface area contributed by atoms with Crippen LogP contribution in [0.25, 0.3) is 0 Å². The van der Waals surface area contributed by atoms with Crippen LogP contribution in [-0.2, 0) is 42.9 Å². The third-order valence-electron chi connectivity index (χ3n) is 12.5. The number of aliphatic hydroxyl groups excluding tert-OH is 2. The maximum Gasteiger partial charge on any atom is 0.335 e. The monoisotopic (exact) mass is 1020 g/mol. The van der Waals surface area contributed by atoms with Gasteiger partial charge in [-0.2, -0.15) is 0 Å². The fourth-order valence-electron chi connectivity index (χ4n) is 8.09. The summed E-state index contributed by atoms with van der Waals surface area (Å²) in [6.45, 7) is 5.76. The van der Waals surface area contributed by atoms with Gasteiger partial charge in [0.25, 0.3) is 0 Å². The zero-order valence-corrected chi connectivity index (χ0v) is 45.6. The quantitative estimate of drug-likeness (QED) is 0.0228. The lowest BCUT2D eigenvalue weighted by Crippen LogP contribution is -2.61. The molecule has 0 aromatic rings. The molecule has 12 nitrogen and oxygen atoms in total. The number of aliphatic carboxylic acids is 1. The molecule has 1 aliphatic heterocycles. The number of unbranched alkanes of at least 4 members (excludes halogenated alkanes) is 19. The molecular formula is C61H100O12. The Morgan fingerprint density at radius 1 is 0.466 bits per heavy atom. The molecule has 6 atom stereocenters. The maximum atomic E-state index is 13.1. The lowest BCUT2D eigenvalue weighted by atomic mass is 9.98. The highest BCUT2D eigenvalue weighted by Gasteiger charge is 2.50. The van der Waals surface area contributed by atoms with Crippen LogP contribution in [0.1, 0.15) is 226 Å². The zero-order valence-electron chi connectivity index (χ0n) is 45.6. The van der Waals surface area contributed by atoms with E-state index in [0.29, 0.717) is 19.3 Å². The van der Waals surface area contributed by atoms with Gasteiger partial charge in [-0.15, -0.1) is 0 Å². The number of carbonyl (C=O) groups is 4. The van der Waals surface area contributed by atoms with E-state index in [9.17, 15) is 34.5 Å². The third kappa shape index (κ3) is 39.0. The van der Waals surface area contributed by atoms with Gasteiger partial charge in [-0.05, 0) is 83.5 Å². The predicted octanol–water partition coefficient (Wildman–Crippen LogP) is 14.3. The van der Waals surface area contributed by atoms with Crippen molar-refractivity contribution in [2.45, 2.75) is 263 Å². The van der Waals surface area contributed by atoms with Crippen LogP contribution in [0.3, 0.4) is 0 Å². The fourth-order valence-corrected chi connectivity index (χ4v) is 8.09. The topological polar surface area (TPSA) is 175 Å². The molecule has 1 saturated heterocycles. The first-order valence-electron chi connectivity index (χ1n) is 28.6. The van der Waals surface area contributed by atoms with Crippen LogP contribution in [0.4, 0.5) is 0 Å². The molecular weight excluding hydrogens is 925 g/mol. The van der Waals surface area contributed by atoms with E-state index in [2.05, 4.69) is 93.7 Å². The second-order valence-corrected chi connectivity index (χ2v) is 19.2. The summed E-state index contributed by atoms with van der Waals surface area (Å²) in [6.07, 6.45) is 50.1. The molecule has 416 valence electrons. The first kappa shape index (κ1) is 66.9. The standard InChI is InChI=1S/C61H100O12/c1-4-7-10-13-16-19-22-24-25-26-27-28-29-31-33-35-38-41-44-47-53(62)69-50-52(71-54(63)48-45-42-39-37-34-30-23-20-17-14-11-8-5-2)51-70-61-59(57(66)56(65)58(73-61)60(67)68)72-55(64)49-46-43-40-36-32-21-18-15-12-9-6-3/h7,10,16,19-20,23-25,27-28,31,33,38,41,52,56-59,61,65-66H,4-6,8-9,11-15,17-18,21-22,26,29-30,32,34-37,39-40,42-51H2,1-3H3,(H,67,68)/b10-7-,19-16-,23-20-,25-24-,28-27-,33-31-,41-38-. The SMILES string of the molecule is CC/C=C\C/C=C\C/C=C\C/C=C\C/C=C\C/C=C\CCC(=O)OCC(COC1OC(C(=O)O)C(O)C(O)C1OC(=O)CCCCCCCCCCCCC)OC(=O)CCCCCCC/C=C\CCCCCC. The Kier molecular flexibility index (Phi) is 44.7. The van der Waals surface area contributed by atoms with Crippen LogP contribution in [0.2, 0.25) is 0 Å². The van der Waals surface area contributed by atoms with Crippen LogP contribution in [0.15, 0.2) is 85.1 Å². The zero-order chi connectivity index (χ0) is 53.3. The number of esters is 3. The van der Waals surface area contributed by atoms with E-state index in [4.69, 9.17) is 23.7 Å². The van der Waals surface area contributed by atoms with Gasteiger partial charge in [0, 0.05) is 19.3 Å². The molecule has 0 aromatic carbocycles. The minimum Gasteiger partial charge on any atom is -0.479 e. The normalized spacial score (nSPS) is 18.9. The van der Waals surface area contributed by atoms with Gasteiger partial charge in [0.05, 0.1) is 6.61 Å². The number of aliphatic hydroxyl groups is 2. The molecule has 3 N–H and O–H groups in total. The summed E-state index contributed by atoms with van der Waals surface area (Å²) < 4.78 is 28.3. The van der Waals surface area contributed by atoms with E-state index in [1.165, 1.54) is 64.2 Å². The van der Waals surface area contributed by atoms with Crippen LogP contribution >= 0.6 is 0 Å². The van der Waals surface area contributed by atoms with Gasteiger partial charge in [0.2, 0.25) is 0 Å². The van der Waals surface area contributed by atoms with Crippen LogP contribution in [-0.4, -0.2) is 89.2 Å². The van der Waals surface area contributed by atoms with E-state index in [-0.39, 0.29) is 25.9 Å². The van der Waals surface area contributed by atoms with Gasteiger partial charge in [-0.1, -0.05) is 209 Å². The summed E-state index contributed by atoms with van der Waals surface area (Å²) in [4.78, 5) is 50.9. The van der Waals surface area contributed by atoms with Crippen molar-refractivity contribution in [1.82, 2.24) is 0 Å². The number of ether oxygens (including phenoxy) is 5. The van der Waals surface area contributed by atoms with Crippen molar-refractivity contribution < 1.29 is 58.2 Å². The smallest absolute Gasteiger partial charge is 0.335 e. The van der Waals surface area contributed by atoms with Crippen LogP contribution < -0.4 is 0 Å². The average molecular weight is 1030 g/mol. The Balaban J connectivity index is 2.75. The first-order valence-corrected chi connectivity index (χ1v) is 28.6. The average Bonchev–Trinajstić information content (AvgIpc) is 3.37. The minimum atomic E-state index is -1.91. The summed E-state index contributed by atoms with van der Waals surface area (Å²) in [7, 11) is 0. The number of hydrogen-bond donors (Lipinski definition) is 3. The first-order chi connectivity index (χ1) is 35.6. The van der Waals surface area contributed by atoms with Gasteiger partial charge in [-0.25, -0.2) is 4.79 Å². The molecule has 0 aromatic heterocycles. The highest BCUT2D eigenvalue weighted by atomic mass is 16.7. The third-order valence-corrected chi connectivity index (χ3v) is 12.5. The second kappa shape index (κ2) is 48.8. The van der Waals surface area contributed by atoms with E-state index < -0.39 is 67.3 Å². The molecule has 1 aliphatic rings.